The summed E-state index contributed by atoms with van der Waals surface area (Å²) in [5, 5.41) is 12.3. The van der Waals surface area contributed by atoms with E-state index in [2.05, 4.69) is 38.7 Å². The van der Waals surface area contributed by atoms with E-state index in [0.717, 1.165) is 12.1 Å². The first-order valence-corrected chi connectivity index (χ1v) is 7.45. The molecule has 0 saturated heterocycles. The van der Waals surface area contributed by atoms with Crippen molar-refractivity contribution in [1.82, 2.24) is 20.5 Å². The van der Waals surface area contributed by atoms with Gasteiger partial charge in [0.25, 0.3) is 0 Å². The minimum absolute atomic E-state index is 0.595. The molecule has 0 amide bonds. The van der Waals surface area contributed by atoms with Crippen molar-refractivity contribution in [3.63, 3.8) is 0 Å². The van der Waals surface area contributed by atoms with Crippen molar-refractivity contribution in [2.45, 2.75) is 31.3 Å². The highest BCUT2D eigenvalue weighted by molar-refractivity contribution is 5.81. The largest absolute Gasteiger partial charge is 0.308 e. The summed E-state index contributed by atoms with van der Waals surface area (Å²) < 4.78 is 0. The first-order chi connectivity index (χ1) is 10.4. The van der Waals surface area contributed by atoms with E-state index in [0.29, 0.717) is 12.0 Å². The van der Waals surface area contributed by atoms with E-state index in [1.165, 1.54) is 29.5 Å². The molecule has 0 bridgehead atoms. The van der Waals surface area contributed by atoms with Gasteiger partial charge in [0, 0.05) is 30.4 Å². The van der Waals surface area contributed by atoms with Gasteiger partial charge < -0.3 is 5.32 Å². The Labute approximate surface area is 123 Å². The van der Waals surface area contributed by atoms with Crippen molar-refractivity contribution < 1.29 is 0 Å². The first-order valence-electron chi connectivity index (χ1n) is 7.45. The zero-order chi connectivity index (χ0) is 14.1. The smallest absolute Gasteiger partial charge is 0.0924 e. The number of nitrogens with one attached hydrogen (secondary N) is 2. The van der Waals surface area contributed by atoms with Crippen molar-refractivity contribution >= 4 is 10.9 Å². The molecule has 2 N–H and O–H groups in total. The van der Waals surface area contributed by atoms with Crippen molar-refractivity contribution in [3.05, 3.63) is 60.0 Å². The SMILES string of the molecule is c1cncc(C2CC(NCc3[nH]nc4ccccc34)C2)c1. The summed E-state index contributed by atoms with van der Waals surface area (Å²) in [6.07, 6.45) is 6.21. The minimum atomic E-state index is 0.595. The maximum atomic E-state index is 4.33. The Morgan fingerprint density at radius 2 is 2.05 bits per heavy atom. The van der Waals surface area contributed by atoms with E-state index < -0.39 is 0 Å². The number of H-pyrrole nitrogens is 1. The fraction of sp³-hybridized carbons (Fsp3) is 0.294. The second kappa shape index (κ2) is 5.30. The standard InChI is InChI=1S/C17H18N4/c1-2-6-16-15(5-1)17(21-20-16)11-19-14-8-13(9-14)12-4-3-7-18-10-12/h1-7,10,13-14,19H,8-9,11H2,(H,20,21). The average molecular weight is 278 g/mol. The Bertz CT molecular complexity index is 729. The molecule has 21 heavy (non-hydrogen) atoms. The zero-order valence-electron chi connectivity index (χ0n) is 11.8. The molecule has 0 radical (unpaired) electrons. The third-order valence-corrected chi connectivity index (χ3v) is 4.40. The summed E-state index contributed by atoms with van der Waals surface area (Å²) in [7, 11) is 0. The van der Waals surface area contributed by atoms with Crippen LogP contribution in [-0.2, 0) is 6.54 Å². The lowest BCUT2D eigenvalue weighted by atomic mass is 9.76. The fourth-order valence-electron chi connectivity index (χ4n) is 3.07. The van der Waals surface area contributed by atoms with Gasteiger partial charge in [0.1, 0.15) is 0 Å². The minimum Gasteiger partial charge on any atom is -0.308 e. The molecule has 3 aromatic rings. The second-order valence-corrected chi connectivity index (χ2v) is 5.75. The highest BCUT2D eigenvalue weighted by Gasteiger charge is 2.30. The summed E-state index contributed by atoms with van der Waals surface area (Å²) in [5.74, 6) is 0.662. The van der Waals surface area contributed by atoms with Gasteiger partial charge in [-0.3, -0.25) is 10.1 Å². The molecule has 106 valence electrons. The topological polar surface area (TPSA) is 53.6 Å². The van der Waals surface area contributed by atoms with Crippen LogP contribution in [0.25, 0.3) is 10.9 Å². The van der Waals surface area contributed by atoms with Gasteiger partial charge in [0.2, 0.25) is 0 Å². The Morgan fingerprint density at radius 3 is 2.90 bits per heavy atom. The summed E-state index contributed by atoms with van der Waals surface area (Å²) in [6.45, 7) is 0.852. The average Bonchev–Trinajstić information content (AvgIpc) is 2.90. The van der Waals surface area contributed by atoms with Crippen LogP contribution in [-0.4, -0.2) is 21.2 Å². The fourth-order valence-corrected chi connectivity index (χ4v) is 3.07. The molecule has 4 heteroatoms. The third-order valence-electron chi connectivity index (χ3n) is 4.40. The quantitative estimate of drug-likeness (QED) is 0.771. The Morgan fingerprint density at radius 1 is 1.14 bits per heavy atom. The third kappa shape index (κ3) is 2.43. The van der Waals surface area contributed by atoms with Crippen molar-refractivity contribution in [1.29, 1.82) is 0 Å². The van der Waals surface area contributed by atoms with Crippen LogP contribution < -0.4 is 5.32 Å². The van der Waals surface area contributed by atoms with Crippen molar-refractivity contribution in [3.8, 4) is 0 Å². The van der Waals surface area contributed by atoms with Crippen molar-refractivity contribution in [2.75, 3.05) is 0 Å². The number of pyridine rings is 1. The molecule has 2 heterocycles. The van der Waals surface area contributed by atoms with Gasteiger partial charge in [-0.15, -0.1) is 0 Å². The normalized spacial score (nSPS) is 21.3. The Kier molecular flexibility index (Phi) is 3.16. The number of aromatic amines is 1. The highest BCUT2D eigenvalue weighted by Crippen LogP contribution is 2.36. The van der Waals surface area contributed by atoms with E-state index in [-0.39, 0.29) is 0 Å². The number of hydrogen-bond donors (Lipinski definition) is 2. The number of para-hydroxylation sites is 1. The van der Waals surface area contributed by atoms with Gasteiger partial charge in [-0.1, -0.05) is 24.3 Å². The molecular weight excluding hydrogens is 260 g/mol. The molecule has 4 rings (SSSR count). The molecule has 1 fully saturated rings. The van der Waals surface area contributed by atoms with Crippen LogP contribution in [0.2, 0.25) is 0 Å². The lowest BCUT2D eigenvalue weighted by Gasteiger charge is -2.36. The van der Waals surface area contributed by atoms with E-state index in [1.807, 2.05) is 30.6 Å². The second-order valence-electron chi connectivity index (χ2n) is 5.75. The van der Waals surface area contributed by atoms with Gasteiger partial charge in [-0.25, -0.2) is 0 Å². The molecule has 1 aliphatic carbocycles. The van der Waals surface area contributed by atoms with Gasteiger partial charge in [0.05, 0.1) is 11.2 Å². The van der Waals surface area contributed by atoms with Crippen LogP contribution in [0, 0.1) is 0 Å². The monoisotopic (exact) mass is 278 g/mol. The number of rotatable bonds is 4. The van der Waals surface area contributed by atoms with Crippen LogP contribution in [0.4, 0.5) is 0 Å². The molecule has 0 unspecified atom stereocenters. The maximum Gasteiger partial charge on any atom is 0.0924 e. The van der Waals surface area contributed by atoms with Gasteiger partial charge in [-0.2, -0.15) is 5.10 Å². The van der Waals surface area contributed by atoms with Gasteiger partial charge in [-0.05, 0) is 36.5 Å². The van der Waals surface area contributed by atoms with Gasteiger partial charge in [0.15, 0.2) is 0 Å². The Balaban J connectivity index is 1.35. The molecule has 0 atom stereocenters. The summed E-state index contributed by atoms with van der Waals surface area (Å²) in [5.41, 5.74) is 3.58. The van der Waals surface area contributed by atoms with Crippen molar-refractivity contribution in [2.24, 2.45) is 0 Å². The lowest BCUT2D eigenvalue weighted by Crippen LogP contribution is -2.39. The van der Waals surface area contributed by atoms with Crippen LogP contribution in [0.5, 0.6) is 0 Å². The highest BCUT2D eigenvalue weighted by atomic mass is 15.1. The van der Waals surface area contributed by atoms with E-state index >= 15 is 0 Å². The molecular formula is C17H18N4. The summed E-state index contributed by atoms with van der Waals surface area (Å²) in [6, 6.07) is 13.0. The molecule has 4 nitrogen and oxygen atoms in total. The lowest BCUT2D eigenvalue weighted by molar-refractivity contribution is 0.288. The molecule has 2 aromatic heterocycles. The van der Waals surface area contributed by atoms with Crippen LogP contribution >= 0.6 is 0 Å². The van der Waals surface area contributed by atoms with E-state index in [1.54, 1.807) is 0 Å². The van der Waals surface area contributed by atoms with Crippen LogP contribution in [0.1, 0.15) is 30.0 Å². The summed E-state index contributed by atoms with van der Waals surface area (Å²) in [4.78, 5) is 4.20. The number of fused-ring (bicyclic) bond motifs is 1. The molecule has 1 aliphatic rings. The zero-order valence-corrected chi connectivity index (χ0v) is 11.8. The predicted octanol–water partition coefficient (Wildman–Crippen LogP) is 2.99. The Hall–Kier alpha value is -2.20. The number of nitrogens with zero attached hydrogens (tertiary/aromatic N) is 2. The molecule has 1 saturated carbocycles. The molecule has 0 spiro atoms. The van der Waals surface area contributed by atoms with E-state index in [4.69, 9.17) is 0 Å². The van der Waals surface area contributed by atoms with Gasteiger partial charge >= 0.3 is 0 Å². The molecule has 1 aromatic carbocycles. The number of aromatic nitrogens is 3. The first kappa shape index (κ1) is 12.5. The van der Waals surface area contributed by atoms with Crippen LogP contribution in [0.3, 0.4) is 0 Å². The maximum absolute atomic E-state index is 4.33. The predicted molar refractivity (Wildman–Crippen MR) is 82.9 cm³/mol. The van der Waals surface area contributed by atoms with E-state index in [9.17, 15) is 0 Å². The van der Waals surface area contributed by atoms with Crippen LogP contribution in [0.15, 0.2) is 48.8 Å². The molecule has 0 aliphatic heterocycles. The summed E-state index contributed by atoms with van der Waals surface area (Å²) >= 11 is 0. The number of hydrogen-bond acceptors (Lipinski definition) is 3. The number of benzene rings is 1.